The van der Waals surface area contributed by atoms with Crippen LogP contribution in [0.4, 0.5) is 5.69 Å². The van der Waals surface area contributed by atoms with Crippen molar-refractivity contribution in [3.8, 4) is 0 Å². The number of carboxylic acid groups (broad SMARTS) is 2. The van der Waals surface area contributed by atoms with Crippen LogP contribution in [0.1, 0.15) is 13.3 Å². The van der Waals surface area contributed by atoms with E-state index in [4.69, 9.17) is 15.9 Å². The molecule has 1 aliphatic rings. The summed E-state index contributed by atoms with van der Waals surface area (Å²) < 4.78 is 0. The molecular formula is C16H18N2O4S. The molecule has 0 spiro atoms. The first kappa shape index (κ1) is 18.4. The van der Waals surface area contributed by atoms with Gasteiger partial charge >= 0.3 is 11.9 Å². The van der Waals surface area contributed by atoms with Crippen LogP contribution in [0.3, 0.4) is 0 Å². The predicted octanol–water partition coefficient (Wildman–Crippen LogP) is 2.39. The van der Waals surface area contributed by atoms with E-state index in [0.29, 0.717) is 5.11 Å². The van der Waals surface area contributed by atoms with Crippen LogP contribution in [0.25, 0.3) is 0 Å². The van der Waals surface area contributed by atoms with Crippen molar-refractivity contribution in [3.63, 3.8) is 0 Å². The van der Waals surface area contributed by atoms with Crippen molar-refractivity contribution < 1.29 is 19.8 Å². The van der Waals surface area contributed by atoms with Gasteiger partial charge in [0.2, 0.25) is 0 Å². The minimum atomic E-state index is -1.08. The monoisotopic (exact) mass is 334 g/mol. The average Bonchev–Trinajstić information content (AvgIpc) is 2.48. The van der Waals surface area contributed by atoms with E-state index in [2.05, 4.69) is 17.5 Å². The van der Waals surface area contributed by atoms with Crippen LogP contribution in [0.15, 0.2) is 54.1 Å². The lowest BCUT2D eigenvalue weighted by atomic mass is 9.80. The van der Waals surface area contributed by atoms with Gasteiger partial charge in [-0.2, -0.15) is 0 Å². The number of anilines is 1. The molecule has 1 aliphatic carbocycles. The molecule has 5 N–H and O–H groups in total. The highest BCUT2D eigenvalue weighted by Crippen LogP contribution is 2.31. The number of benzene rings is 1. The van der Waals surface area contributed by atoms with Crippen molar-refractivity contribution in [2.24, 2.45) is 11.1 Å². The smallest absolute Gasteiger partial charge is 0.331 e. The maximum Gasteiger partial charge on any atom is 0.331 e. The number of para-hydroxylation sites is 1. The van der Waals surface area contributed by atoms with Crippen molar-refractivity contribution in [1.82, 2.24) is 0 Å². The summed E-state index contributed by atoms with van der Waals surface area (Å²) in [6.45, 7) is 1.50. The van der Waals surface area contributed by atoms with Gasteiger partial charge in [-0.05, 0) is 37.7 Å². The first-order chi connectivity index (χ1) is 10.7. The van der Waals surface area contributed by atoms with Gasteiger partial charge in [-0.1, -0.05) is 36.4 Å². The van der Waals surface area contributed by atoms with Gasteiger partial charge in [0, 0.05) is 11.3 Å². The Bertz CT molecular complexity index is 655. The van der Waals surface area contributed by atoms with E-state index < -0.39 is 17.4 Å². The molecule has 0 saturated carbocycles. The average molecular weight is 334 g/mol. The van der Waals surface area contributed by atoms with Gasteiger partial charge in [-0.3, -0.25) is 4.79 Å². The fourth-order valence-corrected chi connectivity index (χ4v) is 1.97. The number of rotatable bonds is 3. The van der Waals surface area contributed by atoms with E-state index >= 15 is 0 Å². The largest absolute Gasteiger partial charge is 0.481 e. The van der Waals surface area contributed by atoms with Crippen LogP contribution >= 0.6 is 12.2 Å². The van der Waals surface area contributed by atoms with Gasteiger partial charge in [0.1, 0.15) is 0 Å². The lowest BCUT2D eigenvalue weighted by molar-refractivity contribution is -0.145. The molecule has 2 rings (SSSR count). The van der Waals surface area contributed by atoms with Crippen molar-refractivity contribution in [2.45, 2.75) is 13.3 Å². The molecule has 7 heteroatoms. The standard InChI is InChI=1S/C9H10O4.C7H8N2S/c1-9(8(12)13)4-2-3-6(5-9)7(10)11;8-7(10)9-6-4-2-1-3-5-6/h2-4H,5H2,1H3,(H,10,11)(H,12,13);1-5H,(H3,8,9,10). The zero-order valence-corrected chi connectivity index (χ0v) is 13.3. The number of allylic oxidation sites excluding steroid dienone is 2. The van der Waals surface area contributed by atoms with Gasteiger partial charge in [0.15, 0.2) is 5.11 Å². The molecule has 0 amide bonds. The second-order valence-corrected chi connectivity index (χ2v) is 5.55. The molecule has 6 nitrogen and oxygen atoms in total. The molecule has 1 aromatic rings. The zero-order chi connectivity index (χ0) is 17.5. The van der Waals surface area contributed by atoms with E-state index in [1.807, 2.05) is 30.3 Å². The lowest BCUT2D eigenvalue weighted by Crippen LogP contribution is -2.28. The summed E-state index contributed by atoms with van der Waals surface area (Å²) in [6, 6.07) is 9.57. The Morgan fingerprint density at radius 1 is 1.26 bits per heavy atom. The van der Waals surface area contributed by atoms with Gasteiger partial charge in [-0.25, -0.2) is 4.79 Å². The third-order valence-corrected chi connectivity index (χ3v) is 3.23. The summed E-state index contributed by atoms with van der Waals surface area (Å²) in [7, 11) is 0. The highest BCUT2D eigenvalue weighted by Gasteiger charge is 2.34. The van der Waals surface area contributed by atoms with Crippen molar-refractivity contribution >= 4 is 35.0 Å². The Morgan fingerprint density at radius 3 is 2.35 bits per heavy atom. The first-order valence-electron chi connectivity index (χ1n) is 6.71. The molecule has 0 bridgehead atoms. The summed E-state index contributed by atoms with van der Waals surface area (Å²) in [6.07, 6.45) is 4.43. The number of hydrogen-bond donors (Lipinski definition) is 4. The Kier molecular flexibility index (Phi) is 6.47. The van der Waals surface area contributed by atoms with Gasteiger partial charge in [-0.15, -0.1) is 0 Å². The summed E-state index contributed by atoms with van der Waals surface area (Å²) in [5.74, 6) is -2.06. The molecule has 1 unspecified atom stereocenters. The van der Waals surface area contributed by atoms with Gasteiger partial charge < -0.3 is 21.3 Å². The van der Waals surface area contributed by atoms with Crippen molar-refractivity contribution in [1.29, 1.82) is 0 Å². The molecule has 0 fully saturated rings. The Hall–Kier alpha value is -2.67. The third-order valence-electron chi connectivity index (χ3n) is 3.12. The van der Waals surface area contributed by atoms with Crippen LogP contribution in [0.2, 0.25) is 0 Å². The van der Waals surface area contributed by atoms with Crippen LogP contribution in [0.5, 0.6) is 0 Å². The maximum atomic E-state index is 10.8. The van der Waals surface area contributed by atoms with Crippen LogP contribution < -0.4 is 11.1 Å². The quantitative estimate of drug-likeness (QED) is 0.628. The second-order valence-electron chi connectivity index (χ2n) is 5.11. The van der Waals surface area contributed by atoms with Crippen molar-refractivity contribution in [3.05, 3.63) is 54.1 Å². The SMILES string of the molecule is CC1(C(=O)O)C=CC=C(C(=O)O)C1.NC(=S)Nc1ccccc1. The van der Waals surface area contributed by atoms with E-state index in [9.17, 15) is 9.59 Å². The first-order valence-corrected chi connectivity index (χ1v) is 7.12. The number of nitrogens with two attached hydrogens (primary N) is 1. The fourth-order valence-electron chi connectivity index (χ4n) is 1.85. The highest BCUT2D eigenvalue weighted by atomic mass is 32.1. The second kappa shape index (κ2) is 8.09. The number of nitrogens with one attached hydrogen (secondary N) is 1. The number of carboxylic acids is 2. The minimum Gasteiger partial charge on any atom is -0.481 e. The molecule has 0 saturated heterocycles. The van der Waals surface area contributed by atoms with E-state index in [1.54, 1.807) is 0 Å². The minimum absolute atomic E-state index is 0.0359. The highest BCUT2D eigenvalue weighted by molar-refractivity contribution is 7.80. The molecule has 0 aliphatic heterocycles. The molecule has 1 aromatic carbocycles. The summed E-state index contributed by atoms with van der Waals surface area (Å²) in [5.41, 5.74) is 5.22. The molecule has 0 radical (unpaired) electrons. The summed E-state index contributed by atoms with van der Waals surface area (Å²) >= 11 is 4.64. The summed E-state index contributed by atoms with van der Waals surface area (Å²) in [5, 5.41) is 20.6. The number of aliphatic carboxylic acids is 2. The van der Waals surface area contributed by atoms with E-state index in [-0.39, 0.29) is 12.0 Å². The topological polar surface area (TPSA) is 113 Å². The zero-order valence-electron chi connectivity index (χ0n) is 12.5. The Balaban J connectivity index is 0.000000238. The van der Waals surface area contributed by atoms with Gasteiger partial charge in [0.25, 0.3) is 0 Å². The third kappa shape index (κ3) is 5.91. The fraction of sp³-hybridized carbons (Fsp3) is 0.188. The lowest BCUT2D eigenvalue weighted by Gasteiger charge is -2.23. The maximum absolute atomic E-state index is 10.8. The van der Waals surface area contributed by atoms with E-state index in [0.717, 1.165) is 5.69 Å². The normalized spacial score (nSPS) is 18.9. The molecule has 122 valence electrons. The van der Waals surface area contributed by atoms with Gasteiger partial charge in [0.05, 0.1) is 5.41 Å². The van der Waals surface area contributed by atoms with Crippen LogP contribution in [-0.4, -0.2) is 27.3 Å². The number of carbonyl (C=O) groups is 2. The molecule has 23 heavy (non-hydrogen) atoms. The number of thiocarbonyl (C=S) groups is 1. The van der Waals surface area contributed by atoms with Crippen molar-refractivity contribution in [2.75, 3.05) is 5.32 Å². The molecule has 1 atom stereocenters. The molecule has 0 aromatic heterocycles. The molecule has 0 heterocycles. The van der Waals surface area contributed by atoms with Crippen LogP contribution in [-0.2, 0) is 9.59 Å². The Morgan fingerprint density at radius 2 is 1.87 bits per heavy atom. The predicted molar refractivity (Wildman–Crippen MR) is 92.1 cm³/mol. The summed E-state index contributed by atoms with van der Waals surface area (Å²) in [4.78, 5) is 21.3. The number of hydrogen-bond acceptors (Lipinski definition) is 3. The van der Waals surface area contributed by atoms with Crippen LogP contribution in [0, 0.1) is 5.41 Å². The molecular weight excluding hydrogens is 316 g/mol. The Labute approximate surface area is 139 Å². The van der Waals surface area contributed by atoms with E-state index in [1.165, 1.54) is 25.2 Å².